The number of nitrogens with one attached hydrogen (secondary N) is 2. The molecule has 0 fully saturated rings. The first-order chi connectivity index (χ1) is 21.8. The summed E-state index contributed by atoms with van der Waals surface area (Å²) in [4.78, 5) is 30.3. The molecule has 0 heterocycles. The largest absolute Gasteiger partial charge is 0.481 e. The van der Waals surface area contributed by atoms with Crippen LogP contribution in [0.15, 0.2) is 102 Å². The van der Waals surface area contributed by atoms with Crippen molar-refractivity contribution in [3.63, 3.8) is 0 Å². The van der Waals surface area contributed by atoms with E-state index in [-0.39, 0.29) is 24.2 Å². The van der Waals surface area contributed by atoms with Gasteiger partial charge in [0.05, 0.1) is 18.9 Å². The molecule has 0 radical (unpaired) electrons. The van der Waals surface area contributed by atoms with E-state index in [0.717, 1.165) is 28.7 Å². The van der Waals surface area contributed by atoms with Gasteiger partial charge in [-0.3, -0.25) is 15.0 Å². The quantitative estimate of drug-likeness (QED) is 0.105. The Hall–Kier alpha value is -5.44. The molecule has 4 aromatic carbocycles. The van der Waals surface area contributed by atoms with Crippen LogP contribution in [-0.2, 0) is 35.3 Å². The molecule has 1 aliphatic rings. The van der Waals surface area contributed by atoms with Gasteiger partial charge in [-0.05, 0) is 63.8 Å². The number of nitrogens with zero attached hydrogens (tertiary/aromatic N) is 2. The highest BCUT2D eigenvalue weighted by Gasteiger charge is 2.26. The lowest BCUT2D eigenvalue weighted by atomic mass is 9.98. The van der Waals surface area contributed by atoms with Crippen LogP contribution in [0.5, 0.6) is 0 Å². The highest BCUT2D eigenvalue weighted by molar-refractivity contribution is 5.92. The van der Waals surface area contributed by atoms with Gasteiger partial charge in [-0.1, -0.05) is 97.1 Å². The third-order valence-electron chi connectivity index (χ3n) is 8.13. The minimum atomic E-state index is -0.998. The molecule has 1 amide bonds. The van der Waals surface area contributed by atoms with Crippen molar-refractivity contribution in [2.24, 2.45) is 16.5 Å². The third kappa shape index (κ3) is 7.94. The van der Waals surface area contributed by atoms with E-state index in [1.54, 1.807) is 4.90 Å². The molecule has 9 nitrogen and oxygen atoms in total. The topological polar surface area (TPSA) is 158 Å². The number of carbonyl (C=O) groups excluding carboxylic acids is 1. The van der Waals surface area contributed by atoms with Crippen LogP contribution in [-0.4, -0.2) is 46.9 Å². The Kier molecular flexibility index (Phi) is 9.89. The minimum Gasteiger partial charge on any atom is -0.481 e. The maximum absolute atomic E-state index is 12.9. The molecule has 4 aromatic rings. The number of guanidine groups is 2. The Labute approximate surface area is 263 Å². The average Bonchev–Trinajstić information content (AvgIpc) is 3.41. The van der Waals surface area contributed by atoms with Crippen molar-refractivity contribution in [3.05, 3.63) is 130 Å². The number of carboxylic acids is 1. The number of carboxylic acid groups (broad SMARTS) is 1. The molecule has 0 aliphatic heterocycles. The van der Waals surface area contributed by atoms with Crippen molar-refractivity contribution in [1.29, 1.82) is 5.41 Å². The van der Waals surface area contributed by atoms with E-state index in [9.17, 15) is 14.7 Å². The lowest BCUT2D eigenvalue weighted by molar-refractivity contribution is -0.138. The zero-order chi connectivity index (χ0) is 31.8. The number of rotatable bonds is 12. The molecule has 0 bridgehead atoms. The minimum absolute atomic E-state index is 0.0233. The van der Waals surface area contributed by atoms with Crippen LogP contribution in [0, 0.1) is 5.41 Å². The third-order valence-corrected chi connectivity index (χ3v) is 8.13. The molecule has 0 saturated carbocycles. The highest BCUT2D eigenvalue weighted by atomic mass is 16.4. The number of nitrogens with two attached hydrogens (primary N) is 2. The monoisotopic (exact) mass is 602 g/mol. The fourth-order valence-corrected chi connectivity index (χ4v) is 5.94. The molecule has 0 saturated heterocycles. The Balaban J connectivity index is 1.22. The first-order valence-corrected chi connectivity index (χ1v) is 15.0. The van der Waals surface area contributed by atoms with Gasteiger partial charge in [0, 0.05) is 13.1 Å². The lowest BCUT2D eigenvalue weighted by Gasteiger charge is -2.32. The van der Waals surface area contributed by atoms with Gasteiger partial charge in [-0.25, -0.2) is 0 Å². The summed E-state index contributed by atoms with van der Waals surface area (Å²) in [6, 6.07) is 31.2. The van der Waals surface area contributed by atoms with Crippen LogP contribution >= 0.6 is 0 Å². The molecular weight excluding hydrogens is 564 g/mol. The summed E-state index contributed by atoms with van der Waals surface area (Å²) in [6.07, 6.45) is 2.14. The normalized spacial score (nSPS) is 12.0. The van der Waals surface area contributed by atoms with Crippen LogP contribution < -0.4 is 16.8 Å². The fourth-order valence-electron chi connectivity index (χ4n) is 5.94. The van der Waals surface area contributed by atoms with Gasteiger partial charge in [-0.15, -0.1) is 0 Å². The molecule has 5 rings (SSSR count). The summed E-state index contributed by atoms with van der Waals surface area (Å²) in [5, 5.41) is 21.3. The predicted molar refractivity (Wildman–Crippen MR) is 177 cm³/mol. The maximum Gasteiger partial charge on any atom is 0.305 e. The van der Waals surface area contributed by atoms with E-state index in [2.05, 4.69) is 34.6 Å². The summed E-state index contributed by atoms with van der Waals surface area (Å²) < 4.78 is 0. The van der Waals surface area contributed by atoms with Crippen LogP contribution in [0.25, 0.3) is 11.1 Å². The van der Waals surface area contributed by atoms with Crippen molar-refractivity contribution in [3.8, 4) is 11.1 Å². The van der Waals surface area contributed by atoms with E-state index in [4.69, 9.17) is 16.9 Å². The zero-order valence-corrected chi connectivity index (χ0v) is 25.1. The molecule has 0 spiro atoms. The number of hydrogen-bond donors (Lipinski definition) is 5. The summed E-state index contributed by atoms with van der Waals surface area (Å²) in [6.45, 7) is 0.826. The molecule has 1 unspecified atom stereocenters. The van der Waals surface area contributed by atoms with Crippen LogP contribution in [0.4, 0.5) is 0 Å². The van der Waals surface area contributed by atoms with E-state index < -0.39 is 12.0 Å². The van der Waals surface area contributed by atoms with Crippen LogP contribution in [0.3, 0.4) is 0 Å². The maximum atomic E-state index is 12.9. The average molecular weight is 603 g/mol. The Morgan fingerprint density at radius 3 is 2.29 bits per heavy atom. The van der Waals surface area contributed by atoms with E-state index in [1.165, 1.54) is 22.3 Å². The first kappa shape index (κ1) is 31.0. The highest BCUT2D eigenvalue weighted by Crippen LogP contribution is 2.38. The zero-order valence-electron chi connectivity index (χ0n) is 25.1. The number of fused-ring (bicyclic) bond motifs is 3. The summed E-state index contributed by atoms with van der Waals surface area (Å²) in [7, 11) is 0. The van der Waals surface area contributed by atoms with Gasteiger partial charge >= 0.3 is 5.97 Å². The Morgan fingerprint density at radius 2 is 1.56 bits per heavy atom. The molecule has 45 heavy (non-hydrogen) atoms. The number of aliphatic carboxylic acids is 1. The fraction of sp³-hybridized carbons (Fsp3) is 0.222. The summed E-state index contributed by atoms with van der Waals surface area (Å²) in [5.41, 5.74) is 19.9. The van der Waals surface area contributed by atoms with Crippen LogP contribution in [0.1, 0.15) is 45.8 Å². The van der Waals surface area contributed by atoms with Crippen molar-refractivity contribution in [1.82, 2.24) is 10.2 Å². The Morgan fingerprint density at radius 1 is 0.867 bits per heavy atom. The van der Waals surface area contributed by atoms with Gasteiger partial charge in [0.1, 0.15) is 0 Å². The smallest absolute Gasteiger partial charge is 0.305 e. The van der Waals surface area contributed by atoms with Gasteiger partial charge in [0.2, 0.25) is 11.9 Å². The number of benzene rings is 4. The van der Waals surface area contributed by atoms with E-state index in [0.29, 0.717) is 32.4 Å². The second-order valence-electron chi connectivity index (χ2n) is 11.2. The van der Waals surface area contributed by atoms with Crippen molar-refractivity contribution >= 4 is 23.8 Å². The Bertz CT molecular complexity index is 1700. The van der Waals surface area contributed by atoms with Crippen molar-refractivity contribution in [2.45, 2.75) is 38.1 Å². The van der Waals surface area contributed by atoms with Gasteiger partial charge in [-0.2, -0.15) is 4.99 Å². The second-order valence-corrected chi connectivity index (χ2v) is 11.2. The molecular formula is C36H38N6O3. The van der Waals surface area contributed by atoms with E-state index >= 15 is 0 Å². The number of carbonyl (C=O) groups is 2. The SMILES string of the molecule is N=C(N=C(N)N)N(CCc1ccccc1)C(CC(=O)O)c1ccc(CCNC(=O)Cc2cccc3c2Cc2ccccc2-3)cc1. The predicted octanol–water partition coefficient (Wildman–Crippen LogP) is 4.43. The summed E-state index contributed by atoms with van der Waals surface area (Å²) in [5.74, 6) is -1.48. The first-order valence-electron chi connectivity index (χ1n) is 15.0. The molecule has 0 aromatic heterocycles. The van der Waals surface area contributed by atoms with Gasteiger partial charge in [0.15, 0.2) is 5.96 Å². The number of amides is 1. The lowest BCUT2D eigenvalue weighted by Crippen LogP contribution is -2.38. The number of aliphatic imine (C=N–C) groups is 1. The van der Waals surface area contributed by atoms with E-state index in [1.807, 2.05) is 72.8 Å². The standard InChI is InChI=1S/C36H38N6O3/c37-35(38)41-36(39)42(20-18-24-7-2-1-3-8-24)32(23-34(44)45)26-15-13-25(14-16-26)17-19-40-33(43)22-28-10-6-12-30-29-11-5-4-9-27(29)21-31(28)30/h1-16,32H,17-23H2,(H,40,43)(H,44,45)(H5,37,38,39,41). The van der Waals surface area contributed by atoms with Crippen molar-refractivity contribution < 1.29 is 14.7 Å². The second kappa shape index (κ2) is 14.4. The van der Waals surface area contributed by atoms with Gasteiger partial charge in [0.25, 0.3) is 0 Å². The molecule has 1 atom stereocenters. The molecule has 9 heteroatoms. The molecule has 7 N–H and O–H groups in total. The van der Waals surface area contributed by atoms with Crippen molar-refractivity contribution in [2.75, 3.05) is 13.1 Å². The number of hydrogen-bond acceptors (Lipinski definition) is 3. The summed E-state index contributed by atoms with van der Waals surface area (Å²) >= 11 is 0. The van der Waals surface area contributed by atoms with Gasteiger partial charge < -0.3 is 26.8 Å². The molecule has 230 valence electrons. The molecule has 1 aliphatic carbocycles. The van der Waals surface area contributed by atoms with Crippen LogP contribution in [0.2, 0.25) is 0 Å².